The first kappa shape index (κ1) is 28.8. The highest BCUT2D eigenvalue weighted by Gasteiger charge is 2.31. The van der Waals surface area contributed by atoms with Gasteiger partial charge in [-0.2, -0.15) is 0 Å². The van der Waals surface area contributed by atoms with Crippen molar-refractivity contribution < 1.29 is 23.2 Å². The Kier molecular flexibility index (Phi) is 24.3. The molecule has 9 heteroatoms. The predicted molar refractivity (Wildman–Crippen MR) is 106 cm³/mol. The summed E-state index contributed by atoms with van der Waals surface area (Å²) in [6.45, 7) is 11.7. The Bertz CT molecular complexity index is 281. The van der Waals surface area contributed by atoms with Gasteiger partial charge in [-0.15, -0.1) is 9.79 Å². The van der Waals surface area contributed by atoms with E-state index < -0.39 is 16.5 Å². The monoisotopic (exact) mass is 500 g/mol. The van der Waals surface area contributed by atoms with Crippen molar-refractivity contribution in [2.45, 2.75) is 66.7 Å². The van der Waals surface area contributed by atoms with Crippen molar-refractivity contribution in [3.63, 3.8) is 0 Å². The minimum atomic E-state index is -2.92. The molecule has 140 valence electrons. The molecule has 0 saturated carbocycles. The first-order valence-electron chi connectivity index (χ1n) is 7.83. The molecular formula is C14H32Br2O5P2+2. The topological polar surface area (TPSA) is 83.8 Å². The number of halogens is 2. The first-order chi connectivity index (χ1) is 10.7. The third-order valence-electron chi connectivity index (χ3n) is 4.18. The summed E-state index contributed by atoms with van der Waals surface area (Å²) in [6.07, 6.45) is 6.58. The molecule has 0 aliphatic heterocycles. The molecule has 0 bridgehead atoms. The lowest BCUT2D eigenvalue weighted by molar-refractivity contribution is 0.144. The maximum Gasteiger partial charge on any atom is 0.745 e. The van der Waals surface area contributed by atoms with Crippen molar-refractivity contribution in [1.29, 1.82) is 0 Å². The highest BCUT2D eigenvalue weighted by molar-refractivity contribution is 9.09. The summed E-state index contributed by atoms with van der Waals surface area (Å²) in [4.78, 5) is 15.3. The Morgan fingerprint density at radius 2 is 1.30 bits per heavy atom. The van der Waals surface area contributed by atoms with Gasteiger partial charge in [-0.05, 0) is 17.8 Å². The van der Waals surface area contributed by atoms with E-state index in [9.17, 15) is 9.13 Å². The van der Waals surface area contributed by atoms with E-state index in [4.69, 9.17) is 9.79 Å². The van der Waals surface area contributed by atoms with Crippen LogP contribution in [0.5, 0.6) is 0 Å². The third-order valence-corrected chi connectivity index (χ3v) is 6.42. The smallest absolute Gasteiger partial charge is 0.131 e. The Hall–Kier alpha value is 1.04. The number of hydrogen-bond acceptors (Lipinski definition) is 3. The molecule has 0 radical (unpaired) electrons. The summed E-state index contributed by atoms with van der Waals surface area (Å²) in [7, 11) is -5.85. The summed E-state index contributed by atoms with van der Waals surface area (Å²) in [6, 6.07) is 0. The second-order valence-corrected chi connectivity index (χ2v) is 8.21. The normalized spacial score (nSPS) is 13.1. The van der Waals surface area contributed by atoms with Crippen LogP contribution in [0.1, 0.15) is 66.7 Å². The van der Waals surface area contributed by atoms with Crippen molar-refractivity contribution in [2.24, 2.45) is 11.3 Å². The SMILES string of the molecule is BrCCCBr.CCC(C)C(CC)(CC)CC.O=[P+](O)O[P+](=O)O. The first-order valence-corrected chi connectivity index (χ1v) is 12.3. The van der Waals surface area contributed by atoms with Gasteiger partial charge in [0.05, 0.1) is 0 Å². The molecule has 0 aliphatic carbocycles. The van der Waals surface area contributed by atoms with E-state index in [1.165, 1.54) is 32.1 Å². The Labute approximate surface area is 160 Å². The summed E-state index contributed by atoms with van der Waals surface area (Å²) in [5.74, 6) is 0.891. The van der Waals surface area contributed by atoms with Crippen LogP contribution >= 0.6 is 48.4 Å². The fourth-order valence-corrected chi connectivity index (χ4v) is 4.13. The molecule has 3 atom stereocenters. The van der Waals surface area contributed by atoms with Gasteiger partial charge in [0.1, 0.15) is 0 Å². The van der Waals surface area contributed by atoms with Crippen molar-refractivity contribution in [2.75, 3.05) is 10.7 Å². The maximum absolute atomic E-state index is 9.39. The quantitative estimate of drug-likeness (QED) is 0.270. The Morgan fingerprint density at radius 3 is 1.35 bits per heavy atom. The lowest BCUT2D eigenvalue weighted by Crippen LogP contribution is -2.26. The summed E-state index contributed by atoms with van der Waals surface area (Å²) >= 11 is 6.56. The standard InChI is InChI=1S/C11H24.C3H6Br2.O5P2/c1-6-10(5)11(7-2,8-3)9-4;4-2-1-3-5;1-6(2)5-7(3)4/h10H,6-9H2,1-5H3;1-3H2;/p+2. The van der Waals surface area contributed by atoms with Crippen LogP contribution in [0.4, 0.5) is 0 Å². The minimum absolute atomic E-state index is 0.634. The largest absolute Gasteiger partial charge is 0.745 e. The van der Waals surface area contributed by atoms with Gasteiger partial charge >= 0.3 is 16.5 Å². The molecule has 2 N–H and O–H groups in total. The van der Waals surface area contributed by atoms with Crippen molar-refractivity contribution in [3.8, 4) is 0 Å². The Balaban J connectivity index is -0.000000286. The van der Waals surface area contributed by atoms with E-state index in [0.29, 0.717) is 5.41 Å². The van der Waals surface area contributed by atoms with Crippen LogP contribution < -0.4 is 0 Å². The molecular weight excluding hydrogens is 470 g/mol. The van der Waals surface area contributed by atoms with Gasteiger partial charge in [-0.1, -0.05) is 92.2 Å². The van der Waals surface area contributed by atoms with Gasteiger partial charge in [-0.25, -0.2) is 0 Å². The van der Waals surface area contributed by atoms with Crippen LogP contribution in [0.25, 0.3) is 0 Å². The molecule has 0 amide bonds. The molecule has 23 heavy (non-hydrogen) atoms. The molecule has 0 aromatic rings. The van der Waals surface area contributed by atoms with E-state index in [1.807, 2.05) is 0 Å². The molecule has 5 nitrogen and oxygen atoms in total. The number of rotatable bonds is 9. The zero-order chi connectivity index (χ0) is 18.9. The molecule has 3 unspecified atom stereocenters. The fourth-order valence-electron chi connectivity index (χ4n) is 2.34. The van der Waals surface area contributed by atoms with Crippen LogP contribution in [0.2, 0.25) is 0 Å². The van der Waals surface area contributed by atoms with Gasteiger partial charge in [0.25, 0.3) is 0 Å². The van der Waals surface area contributed by atoms with Crippen LogP contribution in [0.3, 0.4) is 0 Å². The summed E-state index contributed by atoms with van der Waals surface area (Å²) < 4.78 is 22.2. The van der Waals surface area contributed by atoms with Gasteiger partial charge < -0.3 is 0 Å². The van der Waals surface area contributed by atoms with Crippen molar-refractivity contribution >= 4 is 48.4 Å². The highest BCUT2D eigenvalue weighted by atomic mass is 79.9. The molecule has 0 aromatic carbocycles. The molecule has 0 aliphatic rings. The molecule has 0 rings (SSSR count). The van der Waals surface area contributed by atoms with Crippen LogP contribution in [-0.2, 0) is 13.4 Å². The van der Waals surface area contributed by atoms with Crippen LogP contribution in [0.15, 0.2) is 0 Å². The van der Waals surface area contributed by atoms with E-state index in [1.54, 1.807) is 0 Å². The average molecular weight is 502 g/mol. The zero-order valence-corrected chi connectivity index (χ0v) is 19.8. The minimum Gasteiger partial charge on any atom is -0.131 e. The molecule has 0 fully saturated rings. The number of hydrogen-bond donors (Lipinski definition) is 2. The summed E-state index contributed by atoms with van der Waals surface area (Å²) in [5, 5.41) is 2.22. The summed E-state index contributed by atoms with van der Waals surface area (Å²) in [5.41, 5.74) is 0.634. The second-order valence-electron chi connectivity index (χ2n) is 5.02. The molecule has 0 aromatic heterocycles. The predicted octanol–water partition coefficient (Wildman–Crippen LogP) is 6.72. The maximum atomic E-state index is 9.39. The van der Waals surface area contributed by atoms with Gasteiger partial charge in [0.15, 0.2) is 4.31 Å². The Morgan fingerprint density at radius 1 is 0.957 bits per heavy atom. The van der Waals surface area contributed by atoms with Crippen LogP contribution in [0, 0.1) is 11.3 Å². The van der Waals surface area contributed by atoms with E-state index >= 15 is 0 Å². The second kappa shape index (κ2) is 19.4. The molecule has 0 spiro atoms. The van der Waals surface area contributed by atoms with E-state index in [0.717, 1.165) is 16.6 Å². The van der Waals surface area contributed by atoms with Gasteiger partial charge in [0.2, 0.25) is 0 Å². The van der Waals surface area contributed by atoms with Gasteiger partial charge in [0, 0.05) is 19.8 Å². The number of alkyl halides is 2. The fraction of sp³-hybridized carbons (Fsp3) is 1.00. The molecule has 0 saturated heterocycles. The van der Waals surface area contributed by atoms with E-state index in [2.05, 4.69) is 70.8 Å². The molecule has 0 heterocycles. The van der Waals surface area contributed by atoms with Gasteiger partial charge in [-0.3, -0.25) is 0 Å². The van der Waals surface area contributed by atoms with Crippen molar-refractivity contribution in [1.82, 2.24) is 0 Å². The average Bonchev–Trinajstić information content (AvgIpc) is 2.50. The third kappa shape index (κ3) is 17.6. The highest BCUT2D eigenvalue weighted by Crippen LogP contribution is 2.39. The lowest BCUT2D eigenvalue weighted by atomic mass is 9.69. The zero-order valence-electron chi connectivity index (χ0n) is 14.8. The van der Waals surface area contributed by atoms with Crippen molar-refractivity contribution in [3.05, 3.63) is 0 Å². The lowest BCUT2D eigenvalue weighted by Gasteiger charge is -2.36. The van der Waals surface area contributed by atoms with Crippen LogP contribution in [-0.4, -0.2) is 20.4 Å². The van der Waals surface area contributed by atoms with E-state index in [-0.39, 0.29) is 0 Å².